The molecule has 0 atom stereocenters. The zero-order chi connectivity index (χ0) is 17.4. The van der Waals surface area contributed by atoms with E-state index in [2.05, 4.69) is 5.32 Å². The van der Waals surface area contributed by atoms with E-state index in [1.165, 1.54) is 12.5 Å². The summed E-state index contributed by atoms with van der Waals surface area (Å²) in [5, 5.41) is 3.27. The summed E-state index contributed by atoms with van der Waals surface area (Å²) in [4.78, 5) is 25.5. The number of benzene rings is 2. The fraction of sp³-hybridized carbons (Fsp3) is 0.263. The second kappa shape index (κ2) is 9.08. The minimum atomic E-state index is -0.158. The number of anilines is 1. The summed E-state index contributed by atoms with van der Waals surface area (Å²) < 4.78 is 0. The fourth-order valence-corrected chi connectivity index (χ4v) is 2.53. The standard InChI is InChI=1S/C19H21ClN2O2/c1-15(23)22(13-11-16-7-3-2-4-8-16)14-12-19(24)21-18-10-6-5-9-17(18)20/h2-10H,11-14H2,1H3,(H,21,24). The van der Waals surface area contributed by atoms with Crippen LogP contribution in [0.2, 0.25) is 5.02 Å². The molecule has 4 nitrogen and oxygen atoms in total. The highest BCUT2D eigenvalue weighted by molar-refractivity contribution is 6.33. The molecule has 0 radical (unpaired) electrons. The molecule has 0 aliphatic heterocycles. The molecule has 0 heterocycles. The molecule has 0 aromatic heterocycles. The van der Waals surface area contributed by atoms with E-state index in [-0.39, 0.29) is 18.2 Å². The van der Waals surface area contributed by atoms with E-state index in [4.69, 9.17) is 11.6 Å². The Balaban J connectivity index is 1.83. The van der Waals surface area contributed by atoms with E-state index >= 15 is 0 Å². The lowest BCUT2D eigenvalue weighted by Gasteiger charge is -2.21. The summed E-state index contributed by atoms with van der Waals surface area (Å²) in [5.41, 5.74) is 1.76. The lowest BCUT2D eigenvalue weighted by molar-refractivity contribution is -0.129. The molecule has 0 fully saturated rings. The highest BCUT2D eigenvalue weighted by Crippen LogP contribution is 2.20. The number of hydrogen-bond acceptors (Lipinski definition) is 2. The van der Waals surface area contributed by atoms with Crippen LogP contribution in [0.4, 0.5) is 5.69 Å². The van der Waals surface area contributed by atoms with Crippen molar-refractivity contribution in [3.8, 4) is 0 Å². The van der Waals surface area contributed by atoms with Crippen LogP contribution in [0.5, 0.6) is 0 Å². The van der Waals surface area contributed by atoms with Crippen molar-refractivity contribution in [2.75, 3.05) is 18.4 Å². The maximum Gasteiger partial charge on any atom is 0.226 e. The highest BCUT2D eigenvalue weighted by atomic mass is 35.5. The largest absolute Gasteiger partial charge is 0.342 e. The number of nitrogens with zero attached hydrogens (tertiary/aromatic N) is 1. The van der Waals surface area contributed by atoms with E-state index in [9.17, 15) is 9.59 Å². The molecule has 5 heteroatoms. The first-order valence-electron chi connectivity index (χ1n) is 7.90. The Bertz CT molecular complexity index is 689. The molecule has 2 aromatic rings. The molecule has 0 unspecified atom stereocenters. The van der Waals surface area contributed by atoms with Crippen LogP contribution in [0, 0.1) is 0 Å². The van der Waals surface area contributed by atoms with E-state index in [1.54, 1.807) is 23.1 Å². The lowest BCUT2D eigenvalue weighted by Crippen LogP contribution is -2.33. The minimum absolute atomic E-state index is 0.0310. The lowest BCUT2D eigenvalue weighted by atomic mass is 10.1. The molecule has 2 rings (SSSR count). The number of hydrogen-bond donors (Lipinski definition) is 1. The fourth-order valence-electron chi connectivity index (χ4n) is 2.35. The number of rotatable bonds is 7. The van der Waals surface area contributed by atoms with Crippen LogP contribution < -0.4 is 5.32 Å². The molecule has 2 amide bonds. The number of amides is 2. The van der Waals surface area contributed by atoms with Crippen LogP contribution in [0.15, 0.2) is 54.6 Å². The van der Waals surface area contributed by atoms with Crippen molar-refractivity contribution in [3.05, 3.63) is 65.2 Å². The molecule has 0 saturated carbocycles. The van der Waals surface area contributed by atoms with Crippen molar-refractivity contribution in [1.82, 2.24) is 4.90 Å². The van der Waals surface area contributed by atoms with Gasteiger partial charge in [-0.2, -0.15) is 0 Å². The molecule has 1 N–H and O–H groups in total. The number of halogens is 1. The van der Waals surface area contributed by atoms with Gasteiger partial charge in [0, 0.05) is 26.4 Å². The summed E-state index contributed by atoms with van der Waals surface area (Å²) in [6.07, 6.45) is 1.01. The first kappa shape index (κ1) is 18.0. The van der Waals surface area contributed by atoms with Crippen LogP contribution in [0.25, 0.3) is 0 Å². The molecule has 0 aliphatic carbocycles. The molecule has 24 heavy (non-hydrogen) atoms. The van der Waals surface area contributed by atoms with Crippen LogP contribution in [-0.2, 0) is 16.0 Å². The second-order valence-corrected chi connectivity index (χ2v) is 5.93. The van der Waals surface area contributed by atoms with Gasteiger partial charge in [-0.15, -0.1) is 0 Å². The topological polar surface area (TPSA) is 49.4 Å². The Morgan fingerprint density at radius 1 is 1.00 bits per heavy atom. The molecular weight excluding hydrogens is 324 g/mol. The molecule has 0 bridgehead atoms. The smallest absolute Gasteiger partial charge is 0.226 e. The zero-order valence-electron chi connectivity index (χ0n) is 13.7. The SMILES string of the molecule is CC(=O)N(CCC(=O)Nc1ccccc1Cl)CCc1ccccc1. The third-order valence-corrected chi connectivity index (χ3v) is 4.04. The summed E-state index contributed by atoms with van der Waals surface area (Å²) in [5.74, 6) is -0.189. The number of nitrogens with one attached hydrogen (secondary N) is 1. The van der Waals surface area contributed by atoms with E-state index in [0.717, 1.165) is 6.42 Å². The van der Waals surface area contributed by atoms with Gasteiger partial charge in [0.15, 0.2) is 0 Å². The monoisotopic (exact) mass is 344 g/mol. The van der Waals surface area contributed by atoms with Crippen LogP contribution in [0.3, 0.4) is 0 Å². The minimum Gasteiger partial charge on any atom is -0.342 e. The van der Waals surface area contributed by atoms with E-state index in [0.29, 0.717) is 23.8 Å². The Kier molecular flexibility index (Phi) is 6.82. The number of carbonyl (C=O) groups is 2. The van der Waals surface area contributed by atoms with Crippen LogP contribution in [-0.4, -0.2) is 29.8 Å². The van der Waals surface area contributed by atoms with Gasteiger partial charge in [-0.1, -0.05) is 54.1 Å². The summed E-state index contributed by atoms with van der Waals surface area (Å²) >= 11 is 6.02. The zero-order valence-corrected chi connectivity index (χ0v) is 14.4. The molecular formula is C19H21ClN2O2. The van der Waals surface area contributed by atoms with Gasteiger partial charge in [0.2, 0.25) is 11.8 Å². The average Bonchev–Trinajstić information content (AvgIpc) is 2.57. The maximum absolute atomic E-state index is 12.1. The Labute approximate surface area is 147 Å². The molecule has 0 spiro atoms. The van der Waals surface area contributed by atoms with Crippen molar-refractivity contribution in [1.29, 1.82) is 0 Å². The third-order valence-electron chi connectivity index (χ3n) is 3.72. The van der Waals surface area contributed by atoms with Crippen LogP contribution >= 0.6 is 11.6 Å². The average molecular weight is 345 g/mol. The van der Waals surface area contributed by atoms with Crippen molar-refractivity contribution in [2.45, 2.75) is 19.8 Å². The first-order chi connectivity index (χ1) is 11.6. The first-order valence-corrected chi connectivity index (χ1v) is 8.28. The predicted octanol–water partition coefficient (Wildman–Crippen LogP) is 3.76. The number of carbonyl (C=O) groups excluding carboxylic acids is 2. The van der Waals surface area contributed by atoms with Crippen molar-refractivity contribution >= 4 is 29.1 Å². The van der Waals surface area contributed by atoms with Gasteiger partial charge in [-0.25, -0.2) is 0 Å². The quantitative estimate of drug-likeness (QED) is 0.831. The molecule has 0 saturated heterocycles. The van der Waals surface area contributed by atoms with Gasteiger partial charge >= 0.3 is 0 Å². The van der Waals surface area contributed by atoms with Gasteiger partial charge in [0.1, 0.15) is 0 Å². The summed E-state index contributed by atoms with van der Waals surface area (Å²) in [7, 11) is 0. The van der Waals surface area contributed by atoms with Gasteiger partial charge in [-0.05, 0) is 24.1 Å². The van der Waals surface area contributed by atoms with E-state index < -0.39 is 0 Å². The van der Waals surface area contributed by atoms with Crippen molar-refractivity contribution < 1.29 is 9.59 Å². The summed E-state index contributed by atoms with van der Waals surface area (Å²) in [6, 6.07) is 17.1. The molecule has 126 valence electrons. The predicted molar refractivity (Wildman–Crippen MR) is 97.1 cm³/mol. The second-order valence-electron chi connectivity index (χ2n) is 5.52. The van der Waals surface area contributed by atoms with Crippen molar-refractivity contribution in [3.63, 3.8) is 0 Å². The van der Waals surface area contributed by atoms with Crippen molar-refractivity contribution in [2.24, 2.45) is 0 Å². The normalized spacial score (nSPS) is 10.2. The maximum atomic E-state index is 12.1. The van der Waals surface area contributed by atoms with Crippen LogP contribution in [0.1, 0.15) is 18.9 Å². The number of para-hydroxylation sites is 1. The van der Waals surface area contributed by atoms with Gasteiger partial charge in [0.25, 0.3) is 0 Å². The van der Waals surface area contributed by atoms with Gasteiger partial charge in [-0.3, -0.25) is 9.59 Å². The molecule has 2 aromatic carbocycles. The Hall–Kier alpha value is -2.33. The Morgan fingerprint density at radius 2 is 1.67 bits per heavy atom. The van der Waals surface area contributed by atoms with Gasteiger partial charge in [0.05, 0.1) is 10.7 Å². The Morgan fingerprint density at radius 3 is 2.33 bits per heavy atom. The third kappa shape index (κ3) is 5.70. The highest BCUT2D eigenvalue weighted by Gasteiger charge is 2.12. The van der Waals surface area contributed by atoms with E-state index in [1.807, 2.05) is 36.4 Å². The van der Waals surface area contributed by atoms with Gasteiger partial charge < -0.3 is 10.2 Å². The summed E-state index contributed by atoms with van der Waals surface area (Å²) in [6.45, 7) is 2.51. The molecule has 0 aliphatic rings.